The molecule has 2 N–H and O–H groups in total. The van der Waals surface area contributed by atoms with E-state index in [2.05, 4.69) is 15.9 Å². The molecule has 0 amide bonds. The fourth-order valence-corrected chi connectivity index (χ4v) is 4.21. The number of terminal acetylenes is 1. The Kier molecular flexibility index (Phi) is 7.60. The van der Waals surface area contributed by atoms with Gasteiger partial charge in [0.05, 0.1) is 31.8 Å². The molecule has 3 rings (SSSR count). The molecule has 158 valence electrons. The molecule has 0 aliphatic carbocycles. The molecule has 1 aromatic carbocycles. The zero-order valence-electron chi connectivity index (χ0n) is 17.1. The van der Waals surface area contributed by atoms with Gasteiger partial charge in [-0.25, -0.2) is 4.98 Å². The van der Waals surface area contributed by atoms with Gasteiger partial charge in [-0.2, -0.15) is 0 Å². The molecule has 1 atom stereocenters. The Labute approximate surface area is 179 Å². The summed E-state index contributed by atoms with van der Waals surface area (Å²) in [6.07, 6.45) is 4.47. The second-order valence-corrected chi connectivity index (χ2v) is 7.60. The summed E-state index contributed by atoms with van der Waals surface area (Å²) in [6, 6.07) is 7.60. The van der Waals surface area contributed by atoms with Gasteiger partial charge in [-0.05, 0) is 12.6 Å². The van der Waals surface area contributed by atoms with Gasteiger partial charge < -0.3 is 19.6 Å². The second-order valence-electron chi connectivity index (χ2n) is 6.74. The summed E-state index contributed by atoms with van der Waals surface area (Å²) in [4.78, 5) is 23.1. The third-order valence-electron chi connectivity index (χ3n) is 4.68. The first kappa shape index (κ1) is 22.0. The highest BCUT2D eigenvalue weighted by Crippen LogP contribution is 2.36. The SMILES string of the molecule is C#CCOCC(O)CN(CC)Cc1nc2scc(-c3ccccc3OC)c2c(=O)[nH]1. The Morgan fingerprint density at radius 2 is 2.17 bits per heavy atom. The third-order valence-corrected chi connectivity index (χ3v) is 5.55. The van der Waals surface area contributed by atoms with Gasteiger partial charge in [-0.3, -0.25) is 9.69 Å². The van der Waals surface area contributed by atoms with Crippen molar-refractivity contribution in [1.29, 1.82) is 0 Å². The molecule has 2 heterocycles. The minimum atomic E-state index is -0.673. The number of fused-ring (bicyclic) bond motifs is 1. The van der Waals surface area contributed by atoms with Crippen LogP contribution in [0.25, 0.3) is 21.3 Å². The molecule has 0 aliphatic heterocycles. The van der Waals surface area contributed by atoms with E-state index in [0.29, 0.717) is 41.4 Å². The average Bonchev–Trinajstić information content (AvgIpc) is 3.17. The second kappa shape index (κ2) is 10.4. The summed E-state index contributed by atoms with van der Waals surface area (Å²) in [5, 5.41) is 12.6. The van der Waals surface area contributed by atoms with Crippen molar-refractivity contribution in [2.24, 2.45) is 0 Å². The van der Waals surface area contributed by atoms with Crippen LogP contribution < -0.4 is 10.3 Å². The predicted octanol–water partition coefficient (Wildman–Crippen LogP) is 2.49. The standard InChI is InChI=1S/C22H25N3O4S/c1-4-10-29-13-15(26)11-25(5-2)12-19-23-21(27)20-17(14-30-22(20)24-19)16-8-6-7-9-18(16)28-3/h1,6-9,14-15,26H,5,10-13H2,2-3H3,(H,23,24,27). The molecule has 0 fully saturated rings. The van der Waals surface area contributed by atoms with Crippen LogP contribution in [0, 0.1) is 12.3 Å². The van der Waals surface area contributed by atoms with Gasteiger partial charge in [-0.1, -0.05) is 31.0 Å². The van der Waals surface area contributed by atoms with Crippen LogP contribution >= 0.6 is 11.3 Å². The van der Waals surface area contributed by atoms with Crippen LogP contribution in [0.2, 0.25) is 0 Å². The quantitative estimate of drug-likeness (QED) is 0.382. The van der Waals surface area contributed by atoms with Crippen LogP contribution in [-0.2, 0) is 11.3 Å². The van der Waals surface area contributed by atoms with Crippen molar-refractivity contribution in [2.45, 2.75) is 19.6 Å². The number of ether oxygens (including phenoxy) is 2. The predicted molar refractivity (Wildman–Crippen MR) is 119 cm³/mol. The van der Waals surface area contributed by atoms with E-state index in [-0.39, 0.29) is 18.8 Å². The van der Waals surface area contributed by atoms with Gasteiger partial charge in [0.15, 0.2) is 0 Å². The number of H-pyrrole nitrogens is 1. The Morgan fingerprint density at radius 3 is 2.90 bits per heavy atom. The number of aromatic nitrogens is 2. The lowest BCUT2D eigenvalue weighted by atomic mass is 10.1. The number of nitrogens with one attached hydrogen (secondary N) is 1. The summed E-state index contributed by atoms with van der Waals surface area (Å²) in [5.74, 6) is 3.63. The van der Waals surface area contributed by atoms with E-state index >= 15 is 0 Å². The first-order valence-electron chi connectivity index (χ1n) is 9.62. The molecule has 0 saturated heterocycles. The van der Waals surface area contributed by atoms with E-state index in [4.69, 9.17) is 15.9 Å². The van der Waals surface area contributed by atoms with Crippen LogP contribution in [0.3, 0.4) is 0 Å². The minimum absolute atomic E-state index is 0.164. The normalized spacial score (nSPS) is 12.2. The number of hydrogen-bond donors (Lipinski definition) is 2. The minimum Gasteiger partial charge on any atom is -0.496 e. The van der Waals surface area contributed by atoms with Crippen molar-refractivity contribution < 1.29 is 14.6 Å². The van der Waals surface area contributed by atoms with Crippen LogP contribution in [0.5, 0.6) is 5.75 Å². The first-order chi connectivity index (χ1) is 14.6. The van der Waals surface area contributed by atoms with Crippen molar-refractivity contribution in [3.8, 4) is 29.2 Å². The molecule has 0 aliphatic rings. The fourth-order valence-electron chi connectivity index (χ4n) is 3.26. The largest absolute Gasteiger partial charge is 0.496 e. The zero-order valence-corrected chi connectivity index (χ0v) is 17.9. The number of para-hydroxylation sites is 1. The zero-order chi connectivity index (χ0) is 21.5. The number of aromatic amines is 1. The fraction of sp³-hybridized carbons (Fsp3) is 0.364. The van der Waals surface area contributed by atoms with E-state index in [0.717, 1.165) is 11.1 Å². The van der Waals surface area contributed by atoms with Gasteiger partial charge >= 0.3 is 0 Å². The van der Waals surface area contributed by atoms with E-state index in [1.807, 2.05) is 41.5 Å². The van der Waals surface area contributed by atoms with Gasteiger partial charge in [-0.15, -0.1) is 17.8 Å². The van der Waals surface area contributed by atoms with Crippen LogP contribution in [0.15, 0.2) is 34.4 Å². The summed E-state index contributed by atoms with van der Waals surface area (Å²) in [6.45, 7) is 3.80. The summed E-state index contributed by atoms with van der Waals surface area (Å²) in [5.41, 5.74) is 1.48. The molecule has 0 radical (unpaired) electrons. The summed E-state index contributed by atoms with van der Waals surface area (Å²) >= 11 is 1.43. The van der Waals surface area contributed by atoms with Crippen LogP contribution in [0.1, 0.15) is 12.7 Å². The molecule has 3 aromatic rings. The lowest BCUT2D eigenvalue weighted by molar-refractivity contribution is 0.0267. The monoisotopic (exact) mass is 427 g/mol. The number of nitrogens with zero attached hydrogens (tertiary/aromatic N) is 2. The highest BCUT2D eigenvalue weighted by atomic mass is 32.1. The van der Waals surface area contributed by atoms with E-state index < -0.39 is 6.10 Å². The number of methoxy groups -OCH3 is 1. The molecular formula is C22H25N3O4S. The Bertz CT molecular complexity index is 1090. The molecule has 7 nitrogen and oxygen atoms in total. The molecule has 0 spiro atoms. The molecule has 0 bridgehead atoms. The van der Waals surface area contributed by atoms with E-state index in [1.54, 1.807) is 7.11 Å². The summed E-state index contributed by atoms with van der Waals surface area (Å²) in [7, 11) is 1.61. The topological polar surface area (TPSA) is 87.7 Å². The van der Waals surface area contributed by atoms with Crippen LogP contribution in [-0.4, -0.2) is 59.5 Å². The number of aliphatic hydroxyl groups excluding tert-OH is 1. The number of benzene rings is 1. The van der Waals surface area contributed by atoms with Gasteiger partial charge in [0.2, 0.25) is 0 Å². The van der Waals surface area contributed by atoms with E-state index in [9.17, 15) is 9.90 Å². The molecule has 30 heavy (non-hydrogen) atoms. The molecule has 0 saturated carbocycles. The molecule has 8 heteroatoms. The molecule has 2 aromatic heterocycles. The van der Waals surface area contributed by atoms with Crippen molar-refractivity contribution in [3.63, 3.8) is 0 Å². The number of aliphatic hydroxyl groups is 1. The Balaban J connectivity index is 1.82. The highest BCUT2D eigenvalue weighted by Gasteiger charge is 2.17. The molecular weight excluding hydrogens is 402 g/mol. The van der Waals surface area contributed by atoms with E-state index in [1.165, 1.54) is 11.3 Å². The maximum atomic E-state index is 12.9. The third kappa shape index (κ3) is 5.07. The first-order valence-corrected chi connectivity index (χ1v) is 10.5. The van der Waals surface area contributed by atoms with Crippen molar-refractivity contribution in [1.82, 2.24) is 14.9 Å². The maximum Gasteiger partial charge on any atom is 0.260 e. The number of rotatable bonds is 10. The highest BCUT2D eigenvalue weighted by molar-refractivity contribution is 7.17. The van der Waals surface area contributed by atoms with Crippen molar-refractivity contribution in [3.05, 3.63) is 45.8 Å². The number of thiophene rings is 1. The molecule has 1 unspecified atom stereocenters. The van der Waals surface area contributed by atoms with Crippen LogP contribution in [0.4, 0.5) is 0 Å². The Hall–Kier alpha value is -2.70. The van der Waals surface area contributed by atoms with Gasteiger partial charge in [0, 0.05) is 23.1 Å². The number of likely N-dealkylation sites (N-methyl/N-ethyl adjacent to an activating group) is 1. The summed E-state index contributed by atoms with van der Waals surface area (Å²) < 4.78 is 10.6. The maximum absolute atomic E-state index is 12.9. The lowest BCUT2D eigenvalue weighted by Gasteiger charge is -2.22. The average molecular weight is 428 g/mol. The smallest absolute Gasteiger partial charge is 0.260 e. The number of hydrogen-bond acceptors (Lipinski definition) is 7. The lowest BCUT2D eigenvalue weighted by Crippen LogP contribution is -2.35. The van der Waals surface area contributed by atoms with Gasteiger partial charge in [0.1, 0.15) is 23.0 Å². The van der Waals surface area contributed by atoms with Crippen molar-refractivity contribution >= 4 is 21.6 Å². The Morgan fingerprint density at radius 1 is 1.37 bits per heavy atom. The van der Waals surface area contributed by atoms with Crippen molar-refractivity contribution in [2.75, 3.05) is 33.4 Å². The van der Waals surface area contributed by atoms with Gasteiger partial charge in [0.25, 0.3) is 5.56 Å².